The van der Waals surface area contributed by atoms with Gasteiger partial charge in [0.2, 0.25) is 0 Å². The summed E-state index contributed by atoms with van der Waals surface area (Å²) >= 11 is 0. The molecule has 0 radical (unpaired) electrons. The van der Waals surface area contributed by atoms with Crippen LogP contribution in [-0.2, 0) is 0 Å². The predicted octanol–water partition coefficient (Wildman–Crippen LogP) is 2.62. The summed E-state index contributed by atoms with van der Waals surface area (Å²) in [5.41, 5.74) is 3.14. The first kappa shape index (κ1) is 18.6. The molecule has 3 heterocycles. The Kier molecular flexibility index (Phi) is 4.96. The molecule has 1 saturated heterocycles. The van der Waals surface area contributed by atoms with Crippen LogP contribution in [-0.4, -0.2) is 50.5 Å². The van der Waals surface area contributed by atoms with Crippen molar-refractivity contribution in [2.75, 3.05) is 19.7 Å². The summed E-state index contributed by atoms with van der Waals surface area (Å²) < 4.78 is 7.26. The number of nitrogens with zero attached hydrogens (tertiary/aromatic N) is 6. The smallest absolute Gasteiger partial charge is 0.272 e. The van der Waals surface area contributed by atoms with E-state index >= 15 is 0 Å². The first-order valence-electron chi connectivity index (χ1n) is 9.41. The number of rotatable bonds is 5. The third-order valence-corrected chi connectivity index (χ3v) is 4.92. The van der Waals surface area contributed by atoms with Crippen molar-refractivity contribution in [2.24, 2.45) is 0 Å². The van der Waals surface area contributed by atoms with Crippen LogP contribution in [0.25, 0.3) is 11.3 Å². The highest BCUT2D eigenvalue weighted by molar-refractivity contribution is 5.93. The molecule has 8 nitrogen and oxygen atoms in total. The Morgan fingerprint density at radius 1 is 1.24 bits per heavy atom. The summed E-state index contributed by atoms with van der Waals surface area (Å²) in [6, 6.07) is 13.1. The van der Waals surface area contributed by atoms with Gasteiger partial charge in [0.1, 0.15) is 23.2 Å². The molecule has 0 aliphatic carbocycles. The third-order valence-electron chi connectivity index (χ3n) is 4.92. The van der Waals surface area contributed by atoms with Crippen molar-refractivity contribution < 1.29 is 9.53 Å². The van der Waals surface area contributed by atoms with Crippen molar-refractivity contribution in [3.05, 3.63) is 59.5 Å². The lowest BCUT2D eigenvalue weighted by atomic mass is 10.1. The summed E-state index contributed by atoms with van der Waals surface area (Å²) in [7, 11) is 0. The van der Waals surface area contributed by atoms with Gasteiger partial charge in [-0.05, 0) is 50.2 Å². The van der Waals surface area contributed by atoms with E-state index in [0.717, 1.165) is 17.0 Å². The molecule has 146 valence electrons. The average Bonchev–Trinajstić information content (AvgIpc) is 3.17. The monoisotopic (exact) mass is 388 g/mol. The molecular weight excluding hydrogens is 368 g/mol. The summed E-state index contributed by atoms with van der Waals surface area (Å²) in [6.07, 6.45) is 1.90. The van der Waals surface area contributed by atoms with Crippen LogP contribution in [0.1, 0.15) is 34.7 Å². The van der Waals surface area contributed by atoms with Gasteiger partial charge in [0.25, 0.3) is 5.91 Å². The maximum absolute atomic E-state index is 12.6. The number of pyridine rings is 1. The van der Waals surface area contributed by atoms with Crippen molar-refractivity contribution in [1.82, 2.24) is 24.9 Å². The first-order valence-corrected chi connectivity index (χ1v) is 9.41. The standard InChI is InChI=1S/C21H20N6O2/c1-3-29-18-7-4-15(5-8-18)20-13-27(25-24-20)17-11-26(12-17)21(28)19-9-6-16(10-22)14(2)23-19/h4-9,13,17H,3,11-12H2,1-2H3. The lowest BCUT2D eigenvalue weighted by Gasteiger charge is -2.38. The van der Waals surface area contributed by atoms with Gasteiger partial charge in [-0.2, -0.15) is 5.26 Å². The number of amides is 1. The van der Waals surface area contributed by atoms with Gasteiger partial charge in [-0.25, -0.2) is 9.67 Å². The number of carbonyl (C=O) groups excluding carboxylic acids is 1. The van der Waals surface area contributed by atoms with Crippen molar-refractivity contribution in [3.8, 4) is 23.1 Å². The number of ether oxygens (including phenoxy) is 1. The number of hydrogen-bond donors (Lipinski definition) is 0. The van der Waals surface area contributed by atoms with Crippen LogP contribution in [0.3, 0.4) is 0 Å². The van der Waals surface area contributed by atoms with Crippen LogP contribution in [0.15, 0.2) is 42.6 Å². The van der Waals surface area contributed by atoms with Gasteiger partial charge in [0.05, 0.1) is 30.1 Å². The fraction of sp³-hybridized carbons (Fsp3) is 0.286. The van der Waals surface area contributed by atoms with E-state index in [1.165, 1.54) is 0 Å². The molecule has 0 unspecified atom stereocenters. The molecule has 0 N–H and O–H groups in total. The van der Waals surface area contributed by atoms with E-state index in [0.29, 0.717) is 36.6 Å². The number of aryl methyl sites for hydroxylation is 1. The zero-order chi connectivity index (χ0) is 20.4. The molecule has 0 saturated carbocycles. The van der Waals surface area contributed by atoms with Crippen LogP contribution >= 0.6 is 0 Å². The number of aromatic nitrogens is 4. The second-order valence-corrected chi connectivity index (χ2v) is 6.85. The van der Waals surface area contributed by atoms with Crippen LogP contribution < -0.4 is 4.74 Å². The van der Waals surface area contributed by atoms with Crippen molar-refractivity contribution in [3.63, 3.8) is 0 Å². The predicted molar refractivity (Wildman–Crippen MR) is 105 cm³/mol. The number of nitriles is 1. The number of benzene rings is 1. The topological polar surface area (TPSA) is 96.9 Å². The van der Waals surface area contributed by atoms with Gasteiger partial charge < -0.3 is 9.64 Å². The Morgan fingerprint density at radius 2 is 2.00 bits per heavy atom. The molecule has 29 heavy (non-hydrogen) atoms. The fourth-order valence-electron chi connectivity index (χ4n) is 3.22. The molecular formula is C21H20N6O2. The molecule has 1 aliphatic heterocycles. The summed E-state index contributed by atoms with van der Waals surface area (Å²) in [6.45, 7) is 5.40. The molecule has 1 aliphatic rings. The van der Waals surface area contributed by atoms with Gasteiger partial charge in [-0.1, -0.05) is 5.21 Å². The Balaban J connectivity index is 1.39. The maximum atomic E-state index is 12.6. The second-order valence-electron chi connectivity index (χ2n) is 6.85. The van der Waals surface area contributed by atoms with Gasteiger partial charge in [0, 0.05) is 18.7 Å². The lowest BCUT2D eigenvalue weighted by molar-refractivity contribution is 0.0492. The molecule has 0 atom stereocenters. The molecule has 0 bridgehead atoms. The molecule has 4 rings (SSSR count). The van der Waals surface area contributed by atoms with Crippen molar-refractivity contribution in [2.45, 2.75) is 19.9 Å². The van der Waals surface area contributed by atoms with Crippen LogP contribution in [0.2, 0.25) is 0 Å². The number of likely N-dealkylation sites (tertiary alicyclic amines) is 1. The van der Waals surface area contributed by atoms with E-state index in [4.69, 9.17) is 10.00 Å². The molecule has 1 amide bonds. The zero-order valence-corrected chi connectivity index (χ0v) is 16.2. The van der Waals surface area contributed by atoms with Crippen molar-refractivity contribution >= 4 is 5.91 Å². The number of carbonyl (C=O) groups is 1. The highest BCUT2D eigenvalue weighted by Gasteiger charge is 2.34. The zero-order valence-electron chi connectivity index (χ0n) is 16.2. The van der Waals surface area contributed by atoms with E-state index in [-0.39, 0.29) is 11.9 Å². The Morgan fingerprint density at radius 3 is 2.66 bits per heavy atom. The van der Waals surface area contributed by atoms with Gasteiger partial charge in [-0.3, -0.25) is 4.79 Å². The highest BCUT2D eigenvalue weighted by Crippen LogP contribution is 2.25. The fourth-order valence-corrected chi connectivity index (χ4v) is 3.22. The van der Waals surface area contributed by atoms with E-state index in [2.05, 4.69) is 21.4 Å². The third kappa shape index (κ3) is 3.67. The van der Waals surface area contributed by atoms with Crippen LogP contribution in [0, 0.1) is 18.3 Å². The van der Waals surface area contributed by atoms with Crippen LogP contribution in [0.5, 0.6) is 5.75 Å². The Hall–Kier alpha value is -3.73. The summed E-state index contributed by atoms with van der Waals surface area (Å²) in [5, 5.41) is 17.5. The van der Waals surface area contributed by atoms with E-state index < -0.39 is 0 Å². The van der Waals surface area contributed by atoms with E-state index in [1.807, 2.05) is 37.4 Å². The molecule has 3 aromatic rings. The Labute approximate surface area is 168 Å². The summed E-state index contributed by atoms with van der Waals surface area (Å²) in [4.78, 5) is 18.6. The summed E-state index contributed by atoms with van der Waals surface area (Å²) in [5.74, 6) is 0.684. The minimum Gasteiger partial charge on any atom is -0.494 e. The molecule has 1 aromatic carbocycles. The average molecular weight is 388 g/mol. The molecule has 2 aromatic heterocycles. The largest absolute Gasteiger partial charge is 0.494 e. The van der Waals surface area contributed by atoms with E-state index in [1.54, 1.807) is 28.6 Å². The Bertz CT molecular complexity index is 1080. The SMILES string of the molecule is CCOc1ccc(-c2cn(C3CN(C(=O)c4ccc(C#N)c(C)n4)C3)nn2)cc1. The van der Waals surface area contributed by atoms with E-state index in [9.17, 15) is 4.79 Å². The molecule has 0 spiro atoms. The van der Waals surface area contributed by atoms with Gasteiger partial charge in [-0.15, -0.1) is 5.10 Å². The second kappa shape index (κ2) is 7.72. The van der Waals surface area contributed by atoms with Gasteiger partial charge in [0.15, 0.2) is 0 Å². The van der Waals surface area contributed by atoms with Crippen molar-refractivity contribution in [1.29, 1.82) is 5.26 Å². The van der Waals surface area contributed by atoms with Crippen LogP contribution in [0.4, 0.5) is 0 Å². The molecule has 1 fully saturated rings. The normalized spacial score (nSPS) is 13.6. The number of hydrogen-bond acceptors (Lipinski definition) is 6. The van der Waals surface area contributed by atoms with Gasteiger partial charge >= 0.3 is 0 Å². The minimum absolute atomic E-state index is 0.0855. The quantitative estimate of drug-likeness (QED) is 0.666. The first-order chi connectivity index (χ1) is 14.1. The highest BCUT2D eigenvalue weighted by atomic mass is 16.5. The molecule has 8 heteroatoms. The minimum atomic E-state index is -0.138. The maximum Gasteiger partial charge on any atom is 0.272 e. The lowest BCUT2D eigenvalue weighted by Crippen LogP contribution is -2.51.